The van der Waals surface area contributed by atoms with Crippen molar-refractivity contribution in [1.82, 2.24) is 29.1 Å². The van der Waals surface area contributed by atoms with Gasteiger partial charge in [-0.1, -0.05) is 158 Å². The lowest BCUT2D eigenvalue weighted by molar-refractivity contribution is 0.954. The fourth-order valence-corrected chi connectivity index (χ4v) is 19.1. The highest BCUT2D eigenvalue weighted by Crippen LogP contribution is 2.46. The molecule has 10 heteroatoms. The molecule has 0 saturated carbocycles. The number of thiophene rings is 4. The van der Waals surface area contributed by atoms with E-state index in [0.29, 0.717) is 17.6 Å². The van der Waals surface area contributed by atoms with E-state index in [-0.39, 0.29) is 0 Å². The van der Waals surface area contributed by atoms with E-state index in [0.717, 1.165) is 82.9 Å². The number of fused-ring (bicyclic) bond motifs is 18. The van der Waals surface area contributed by atoms with Crippen LogP contribution in [-0.2, 0) is 0 Å². The first kappa shape index (κ1) is 54.0. The van der Waals surface area contributed by atoms with Gasteiger partial charge in [0.25, 0.3) is 0 Å². The molecule has 21 rings (SSSR count). The third-order valence-electron chi connectivity index (χ3n) is 19.4. The summed E-state index contributed by atoms with van der Waals surface area (Å²) in [7, 11) is 0. The molecular formula is C86H48N6S4. The van der Waals surface area contributed by atoms with E-state index in [2.05, 4.69) is 300 Å². The molecule has 0 unspecified atom stereocenters. The molecule has 0 amide bonds. The van der Waals surface area contributed by atoms with Crippen molar-refractivity contribution in [3.8, 4) is 79.2 Å². The summed E-state index contributed by atoms with van der Waals surface area (Å²) in [6.07, 6.45) is 0. The smallest absolute Gasteiger partial charge is 0.238 e. The van der Waals surface area contributed by atoms with E-state index in [4.69, 9.17) is 19.9 Å². The molecule has 0 atom stereocenters. The summed E-state index contributed by atoms with van der Waals surface area (Å²) in [5.41, 5.74) is 15.8. The summed E-state index contributed by atoms with van der Waals surface area (Å²) in [5.74, 6) is 1.74. The Morgan fingerprint density at radius 1 is 0.198 bits per heavy atom. The van der Waals surface area contributed by atoms with Crippen LogP contribution in [0.1, 0.15) is 0 Å². The van der Waals surface area contributed by atoms with Gasteiger partial charge in [0.15, 0.2) is 11.6 Å². The summed E-state index contributed by atoms with van der Waals surface area (Å²) >= 11 is 7.36. The lowest BCUT2D eigenvalue weighted by Crippen LogP contribution is -2.06. The molecule has 13 aromatic carbocycles. The molecule has 446 valence electrons. The standard InChI is InChI=1S/C86H48N6S4/c1-3-15-49(16-4-1)70-45-57(46-71(87-70)50-17-5-2-6-18-50)91-72-23-11-7-19-58(72)62-48-75-63(47-74(62)91)59-20-8-12-24-73(59)92(75)86-89-84(55-31-37-82-68(43-55)66-41-53(29-35-80(66)95-82)51-27-33-78-64(39-51)60-21-9-13-25-76(60)93-78)88-85(90-86)56-32-38-83-69(44-56)67-42-54(30-36-81(67)96-83)52-28-34-79-65(40-52)61-22-10-14-26-77(61)94-79/h1-48H. The molecule has 96 heavy (non-hydrogen) atoms. The van der Waals surface area contributed by atoms with Gasteiger partial charge < -0.3 is 4.57 Å². The highest BCUT2D eigenvalue weighted by atomic mass is 32.1. The lowest BCUT2D eigenvalue weighted by atomic mass is 10.00. The maximum atomic E-state index is 5.65. The Labute approximate surface area is 564 Å². The van der Waals surface area contributed by atoms with Gasteiger partial charge in [0.05, 0.1) is 39.1 Å². The van der Waals surface area contributed by atoms with E-state index < -0.39 is 0 Å². The fourth-order valence-electron chi connectivity index (χ4n) is 14.8. The maximum Gasteiger partial charge on any atom is 0.238 e. The fraction of sp³-hybridized carbons (Fsp3) is 0. The van der Waals surface area contributed by atoms with Gasteiger partial charge in [0.2, 0.25) is 5.95 Å². The van der Waals surface area contributed by atoms with Crippen LogP contribution >= 0.6 is 45.3 Å². The molecule has 0 saturated heterocycles. The molecule has 0 aliphatic heterocycles. The first-order valence-corrected chi connectivity index (χ1v) is 35.4. The average molecular weight is 1290 g/mol. The Kier molecular flexibility index (Phi) is 11.8. The van der Waals surface area contributed by atoms with Gasteiger partial charge in [-0.2, -0.15) is 9.97 Å². The lowest BCUT2D eigenvalue weighted by Gasteiger charge is -2.13. The van der Waals surface area contributed by atoms with E-state index in [1.807, 2.05) is 45.3 Å². The number of para-hydroxylation sites is 2. The van der Waals surface area contributed by atoms with Gasteiger partial charge in [-0.25, -0.2) is 9.97 Å². The average Bonchev–Trinajstić information content (AvgIpc) is 1.55. The summed E-state index contributed by atoms with van der Waals surface area (Å²) < 4.78 is 14.8. The number of hydrogen-bond acceptors (Lipinski definition) is 8. The first-order chi connectivity index (χ1) is 47.5. The van der Waals surface area contributed by atoms with Crippen LogP contribution in [0.15, 0.2) is 291 Å². The van der Waals surface area contributed by atoms with Crippen LogP contribution in [-0.4, -0.2) is 29.1 Å². The second kappa shape index (κ2) is 21.0. The second-order valence-electron chi connectivity index (χ2n) is 24.9. The number of benzene rings is 13. The Morgan fingerprint density at radius 3 is 0.948 bits per heavy atom. The van der Waals surface area contributed by atoms with Crippen LogP contribution in [0.4, 0.5) is 0 Å². The molecule has 8 heterocycles. The highest BCUT2D eigenvalue weighted by Gasteiger charge is 2.24. The molecule has 0 fully saturated rings. The summed E-state index contributed by atoms with van der Waals surface area (Å²) in [5, 5.41) is 14.4. The van der Waals surface area contributed by atoms with Crippen LogP contribution in [0, 0.1) is 0 Å². The zero-order valence-corrected chi connectivity index (χ0v) is 54.3. The number of rotatable bonds is 8. The van der Waals surface area contributed by atoms with Crippen LogP contribution in [0.5, 0.6) is 0 Å². The topological polar surface area (TPSA) is 61.4 Å². The molecule has 8 aromatic heterocycles. The number of hydrogen-bond donors (Lipinski definition) is 0. The Hall–Kier alpha value is -11.5. The van der Waals surface area contributed by atoms with E-state index in [1.165, 1.54) is 103 Å². The quantitative estimate of drug-likeness (QED) is 0.152. The SMILES string of the molecule is c1ccc(-c2cc(-n3c4ccccc4c4cc5c(cc43)c3ccccc3n5-c3nc(-c4ccc5sc6ccc(-c7ccc8sc9ccccc9c8c7)cc6c5c4)nc(-c4ccc5sc6ccc(-c7ccc8sc9ccccc9c8c7)cc6c5c4)n3)cc(-c3ccccc3)n2)cc1. The van der Waals surface area contributed by atoms with Gasteiger partial charge >= 0.3 is 0 Å². The van der Waals surface area contributed by atoms with Crippen LogP contribution < -0.4 is 0 Å². The summed E-state index contributed by atoms with van der Waals surface area (Å²) in [6.45, 7) is 0. The van der Waals surface area contributed by atoms with Crippen LogP contribution in [0.25, 0.3) is 203 Å². The Morgan fingerprint density at radius 2 is 0.521 bits per heavy atom. The largest absolute Gasteiger partial charge is 0.309 e. The van der Waals surface area contributed by atoms with Crippen molar-refractivity contribution in [2.75, 3.05) is 0 Å². The normalized spacial score (nSPS) is 12.2. The van der Waals surface area contributed by atoms with Gasteiger partial charge in [0, 0.05) is 124 Å². The van der Waals surface area contributed by atoms with E-state index in [9.17, 15) is 0 Å². The second-order valence-corrected chi connectivity index (χ2v) is 29.2. The molecule has 0 aliphatic rings. The molecular weight excluding hydrogens is 1250 g/mol. The molecule has 0 radical (unpaired) electrons. The molecule has 0 aliphatic carbocycles. The maximum absolute atomic E-state index is 5.65. The van der Waals surface area contributed by atoms with Crippen molar-refractivity contribution >= 4 is 170 Å². The van der Waals surface area contributed by atoms with Crippen molar-refractivity contribution in [3.05, 3.63) is 291 Å². The molecule has 0 spiro atoms. The minimum Gasteiger partial charge on any atom is -0.309 e. The summed E-state index contributed by atoms with van der Waals surface area (Å²) in [4.78, 5) is 22.2. The highest BCUT2D eigenvalue weighted by molar-refractivity contribution is 7.27. The van der Waals surface area contributed by atoms with Crippen molar-refractivity contribution < 1.29 is 0 Å². The zero-order valence-electron chi connectivity index (χ0n) is 51.0. The zero-order chi connectivity index (χ0) is 62.7. The number of aromatic nitrogens is 6. The summed E-state index contributed by atoms with van der Waals surface area (Å²) in [6, 6.07) is 106. The molecule has 6 nitrogen and oxygen atoms in total. The van der Waals surface area contributed by atoms with Crippen LogP contribution in [0.3, 0.4) is 0 Å². The Bertz CT molecular complexity index is 6540. The van der Waals surface area contributed by atoms with Crippen molar-refractivity contribution in [3.63, 3.8) is 0 Å². The van der Waals surface area contributed by atoms with Crippen LogP contribution in [0.2, 0.25) is 0 Å². The number of pyridine rings is 1. The molecule has 0 bridgehead atoms. The predicted molar refractivity (Wildman–Crippen MR) is 410 cm³/mol. The monoisotopic (exact) mass is 1290 g/mol. The number of nitrogens with zero attached hydrogens (tertiary/aromatic N) is 6. The van der Waals surface area contributed by atoms with E-state index in [1.54, 1.807) is 0 Å². The minimum absolute atomic E-state index is 0.543. The van der Waals surface area contributed by atoms with Gasteiger partial charge in [-0.3, -0.25) is 4.57 Å². The van der Waals surface area contributed by atoms with Crippen molar-refractivity contribution in [2.45, 2.75) is 0 Å². The van der Waals surface area contributed by atoms with Gasteiger partial charge in [-0.15, -0.1) is 45.3 Å². The molecule has 21 aromatic rings. The van der Waals surface area contributed by atoms with Crippen molar-refractivity contribution in [2.24, 2.45) is 0 Å². The van der Waals surface area contributed by atoms with E-state index >= 15 is 0 Å². The van der Waals surface area contributed by atoms with Gasteiger partial charge in [-0.05, 0) is 156 Å². The predicted octanol–water partition coefficient (Wildman–Crippen LogP) is 24.9. The minimum atomic E-state index is 0.543. The van der Waals surface area contributed by atoms with Crippen molar-refractivity contribution in [1.29, 1.82) is 0 Å². The van der Waals surface area contributed by atoms with Gasteiger partial charge in [0.1, 0.15) is 0 Å². The Balaban J connectivity index is 0.769. The molecule has 0 N–H and O–H groups in total. The first-order valence-electron chi connectivity index (χ1n) is 32.1. The third kappa shape index (κ3) is 8.46. The third-order valence-corrected chi connectivity index (χ3v) is 24.0.